The molecule has 188 valence electrons. The molecule has 0 radical (unpaired) electrons. The van der Waals surface area contributed by atoms with Gasteiger partial charge < -0.3 is 9.47 Å². The topological polar surface area (TPSA) is 67.9 Å². The SMILES string of the molecule is COc1cc2c3c(c1OC)CCC3N(CCCCNS(=O)(=O)c1cc(F)c(F)cc1Cl)CC2.Cl. The predicted octanol–water partition coefficient (Wildman–Crippen LogP) is 4.66. The van der Waals surface area contributed by atoms with Crippen LogP contribution in [0.15, 0.2) is 23.1 Å². The Morgan fingerprint density at radius 1 is 1.12 bits per heavy atom. The first-order chi connectivity index (χ1) is 15.8. The van der Waals surface area contributed by atoms with Crippen molar-refractivity contribution in [3.8, 4) is 11.5 Å². The van der Waals surface area contributed by atoms with Gasteiger partial charge in [0.2, 0.25) is 10.0 Å². The van der Waals surface area contributed by atoms with Crippen LogP contribution in [-0.4, -0.2) is 47.2 Å². The van der Waals surface area contributed by atoms with Crippen LogP contribution in [0, 0.1) is 11.6 Å². The van der Waals surface area contributed by atoms with Gasteiger partial charge in [0.15, 0.2) is 23.1 Å². The molecule has 0 saturated carbocycles. The average Bonchev–Trinajstić information content (AvgIpc) is 3.23. The molecule has 1 atom stereocenters. The van der Waals surface area contributed by atoms with Crippen LogP contribution >= 0.6 is 24.0 Å². The maximum atomic E-state index is 13.5. The Morgan fingerprint density at radius 3 is 2.56 bits per heavy atom. The molecule has 0 bridgehead atoms. The van der Waals surface area contributed by atoms with E-state index in [2.05, 4.69) is 15.7 Å². The number of nitrogens with zero attached hydrogens (tertiary/aromatic N) is 1. The van der Waals surface area contributed by atoms with E-state index in [1.165, 1.54) is 16.7 Å². The second-order valence-electron chi connectivity index (χ2n) is 8.31. The third-order valence-electron chi connectivity index (χ3n) is 6.44. The number of unbranched alkanes of at least 4 members (excludes halogenated alkanes) is 1. The summed E-state index contributed by atoms with van der Waals surface area (Å²) >= 11 is 5.80. The van der Waals surface area contributed by atoms with Crippen LogP contribution in [0.4, 0.5) is 8.78 Å². The summed E-state index contributed by atoms with van der Waals surface area (Å²) in [6.45, 7) is 1.96. The quantitative estimate of drug-likeness (QED) is 0.372. The zero-order chi connectivity index (χ0) is 23.8. The summed E-state index contributed by atoms with van der Waals surface area (Å²) in [4.78, 5) is 1.99. The number of rotatable bonds is 9. The summed E-state index contributed by atoms with van der Waals surface area (Å²) in [5.74, 6) is -0.830. The first kappa shape index (κ1) is 26.9. The summed E-state index contributed by atoms with van der Waals surface area (Å²) in [7, 11) is -0.695. The van der Waals surface area contributed by atoms with E-state index in [4.69, 9.17) is 21.1 Å². The van der Waals surface area contributed by atoms with Crippen LogP contribution < -0.4 is 14.2 Å². The second-order valence-corrected chi connectivity index (χ2v) is 10.4. The number of ether oxygens (including phenoxy) is 2. The number of methoxy groups -OCH3 is 2. The van der Waals surface area contributed by atoms with Gasteiger partial charge in [0.1, 0.15) is 4.90 Å². The van der Waals surface area contributed by atoms with Gasteiger partial charge in [-0.05, 0) is 68.0 Å². The fourth-order valence-corrected chi connectivity index (χ4v) is 6.52. The molecule has 1 heterocycles. The lowest BCUT2D eigenvalue weighted by Gasteiger charge is -2.35. The van der Waals surface area contributed by atoms with Crippen molar-refractivity contribution in [2.24, 2.45) is 0 Å². The number of hydrogen-bond acceptors (Lipinski definition) is 5. The molecule has 0 aromatic heterocycles. The number of benzene rings is 2. The van der Waals surface area contributed by atoms with E-state index >= 15 is 0 Å². The van der Waals surface area contributed by atoms with Crippen molar-refractivity contribution in [3.05, 3.63) is 51.5 Å². The minimum absolute atomic E-state index is 0. The number of halogens is 4. The summed E-state index contributed by atoms with van der Waals surface area (Å²) < 4.78 is 65.1. The Kier molecular flexibility index (Phi) is 8.68. The lowest BCUT2D eigenvalue weighted by atomic mass is 9.92. The van der Waals surface area contributed by atoms with Gasteiger partial charge in [0.05, 0.1) is 19.2 Å². The molecule has 1 aliphatic heterocycles. The molecule has 1 N–H and O–H groups in total. The Morgan fingerprint density at radius 2 is 1.85 bits per heavy atom. The first-order valence-electron chi connectivity index (χ1n) is 10.9. The molecule has 2 aromatic carbocycles. The monoisotopic (exact) mass is 536 g/mol. The van der Waals surface area contributed by atoms with Crippen LogP contribution in [0.2, 0.25) is 5.02 Å². The number of nitrogens with one attached hydrogen (secondary N) is 1. The zero-order valence-corrected chi connectivity index (χ0v) is 21.4. The Labute approximate surface area is 210 Å². The van der Waals surface area contributed by atoms with Gasteiger partial charge in [-0.15, -0.1) is 12.4 Å². The molecule has 0 fully saturated rings. The largest absolute Gasteiger partial charge is 0.493 e. The van der Waals surface area contributed by atoms with Crippen molar-refractivity contribution < 1.29 is 26.7 Å². The van der Waals surface area contributed by atoms with E-state index in [0.29, 0.717) is 24.6 Å². The molecule has 34 heavy (non-hydrogen) atoms. The highest BCUT2D eigenvalue weighted by atomic mass is 35.5. The predicted molar refractivity (Wildman–Crippen MR) is 129 cm³/mol. The Balaban J connectivity index is 0.00000324. The summed E-state index contributed by atoms with van der Waals surface area (Å²) in [6.07, 6.45) is 4.30. The van der Waals surface area contributed by atoms with Crippen molar-refractivity contribution >= 4 is 34.0 Å². The van der Waals surface area contributed by atoms with Crippen molar-refractivity contribution in [1.29, 1.82) is 0 Å². The van der Waals surface area contributed by atoms with Gasteiger partial charge >= 0.3 is 0 Å². The number of sulfonamides is 1. The lowest BCUT2D eigenvalue weighted by Crippen LogP contribution is -2.35. The maximum absolute atomic E-state index is 13.5. The fourth-order valence-electron chi connectivity index (χ4n) is 4.92. The molecule has 0 amide bonds. The molecule has 2 aromatic rings. The maximum Gasteiger partial charge on any atom is 0.242 e. The summed E-state index contributed by atoms with van der Waals surface area (Å²) in [5.41, 5.74) is 3.91. The standard InChI is InChI=1S/C23H27ClF2N2O4S.ClH/c1-31-20-11-14-7-10-28(19-6-5-15(22(14)19)23(20)32-2)9-4-3-8-27-33(29,30)21-13-18(26)17(25)12-16(21)24;/h11-13,19,27H,3-10H2,1-2H3;1H. The molecule has 4 rings (SSSR count). The van der Waals surface area contributed by atoms with Crippen molar-refractivity contribution in [3.63, 3.8) is 0 Å². The smallest absolute Gasteiger partial charge is 0.242 e. The van der Waals surface area contributed by atoms with E-state index in [1.807, 2.05) is 0 Å². The molecule has 0 saturated heterocycles. The van der Waals surface area contributed by atoms with Gasteiger partial charge in [-0.2, -0.15) is 0 Å². The lowest BCUT2D eigenvalue weighted by molar-refractivity contribution is 0.182. The molecule has 1 aliphatic carbocycles. The second kappa shape index (κ2) is 11.0. The van der Waals surface area contributed by atoms with Gasteiger partial charge in [-0.25, -0.2) is 21.9 Å². The summed E-state index contributed by atoms with van der Waals surface area (Å²) in [5, 5.41) is -0.350. The van der Waals surface area contributed by atoms with Crippen molar-refractivity contribution in [2.45, 2.75) is 43.0 Å². The Bertz CT molecular complexity index is 1160. The van der Waals surface area contributed by atoms with Gasteiger partial charge in [-0.3, -0.25) is 4.90 Å². The van der Waals surface area contributed by atoms with Crippen LogP contribution in [0.5, 0.6) is 11.5 Å². The summed E-state index contributed by atoms with van der Waals surface area (Å²) in [6, 6.07) is 3.69. The highest BCUT2D eigenvalue weighted by molar-refractivity contribution is 7.89. The highest BCUT2D eigenvalue weighted by Crippen LogP contribution is 2.48. The highest BCUT2D eigenvalue weighted by Gasteiger charge is 2.36. The Hall–Kier alpha value is -1.65. The van der Waals surface area contributed by atoms with E-state index < -0.39 is 26.6 Å². The van der Waals surface area contributed by atoms with E-state index in [1.54, 1.807) is 14.2 Å². The van der Waals surface area contributed by atoms with Crippen molar-refractivity contribution in [1.82, 2.24) is 9.62 Å². The zero-order valence-electron chi connectivity index (χ0n) is 19.0. The van der Waals surface area contributed by atoms with Gasteiger partial charge in [0.25, 0.3) is 0 Å². The minimum Gasteiger partial charge on any atom is -0.493 e. The molecule has 11 heteroatoms. The van der Waals surface area contributed by atoms with E-state index in [0.717, 1.165) is 50.3 Å². The van der Waals surface area contributed by atoms with E-state index in [9.17, 15) is 17.2 Å². The molecule has 6 nitrogen and oxygen atoms in total. The third-order valence-corrected chi connectivity index (χ3v) is 8.36. The van der Waals surface area contributed by atoms with Crippen LogP contribution in [-0.2, 0) is 22.9 Å². The average molecular weight is 537 g/mol. The fraction of sp³-hybridized carbons (Fsp3) is 0.478. The number of hydrogen-bond donors (Lipinski definition) is 1. The normalized spacial score (nSPS) is 17.3. The molecular weight excluding hydrogens is 509 g/mol. The molecule has 0 spiro atoms. The molecular formula is C23H28Cl2F2N2O4S. The van der Waals surface area contributed by atoms with Crippen molar-refractivity contribution in [2.75, 3.05) is 33.9 Å². The van der Waals surface area contributed by atoms with Crippen LogP contribution in [0.25, 0.3) is 0 Å². The van der Waals surface area contributed by atoms with Gasteiger partial charge in [-0.1, -0.05) is 11.6 Å². The first-order valence-corrected chi connectivity index (χ1v) is 12.8. The van der Waals surface area contributed by atoms with Gasteiger partial charge in [0, 0.05) is 24.7 Å². The van der Waals surface area contributed by atoms with E-state index in [-0.39, 0.29) is 24.0 Å². The molecule has 1 unspecified atom stereocenters. The molecule has 2 aliphatic rings. The van der Waals surface area contributed by atoms with Crippen LogP contribution in [0.1, 0.15) is 42.0 Å². The third kappa shape index (κ3) is 5.14. The minimum atomic E-state index is -4.02. The van der Waals surface area contributed by atoms with Crippen LogP contribution in [0.3, 0.4) is 0 Å².